The number of anilines is 1. The molecule has 3 rings (SSSR count). The van der Waals surface area contributed by atoms with Gasteiger partial charge in [0, 0.05) is 44.5 Å². The first kappa shape index (κ1) is 19.5. The highest BCUT2D eigenvalue weighted by atomic mass is 32.1. The zero-order valence-electron chi connectivity index (χ0n) is 16.6. The molecule has 1 N–H and O–H groups in total. The molecule has 146 valence electrons. The number of piperazine rings is 1. The summed E-state index contributed by atoms with van der Waals surface area (Å²) in [5.41, 5.74) is 2.24. The van der Waals surface area contributed by atoms with Gasteiger partial charge in [-0.3, -0.25) is 4.99 Å². The van der Waals surface area contributed by atoms with Crippen molar-refractivity contribution in [3.8, 4) is 5.75 Å². The molecule has 7 heteroatoms. The van der Waals surface area contributed by atoms with Crippen LogP contribution in [-0.4, -0.2) is 56.2 Å². The average molecular weight is 388 g/mol. The Labute approximate surface area is 165 Å². The molecule has 0 aliphatic carbocycles. The SMILES string of the molecule is CN=C(NCc1csc(C(C)C)n1)N1CCN(c2ccccc2OC)CC1. The lowest BCUT2D eigenvalue weighted by Crippen LogP contribution is -2.52. The number of aromatic nitrogens is 1. The molecule has 0 atom stereocenters. The number of rotatable bonds is 5. The summed E-state index contributed by atoms with van der Waals surface area (Å²) in [6, 6.07) is 8.20. The van der Waals surface area contributed by atoms with Crippen LogP contribution < -0.4 is 15.0 Å². The second-order valence-electron chi connectivity index (χ2n) is 6.88. The van der Waals surface area contributed by atoms with Crippen LogP contribution in [0.2, 0.25) is 0 Å². The number of nitrogens with zero attached hydrogens (tertiary/aromatic N) is 4. The molecular formula is C20H29N5OS. The lowest BCUT2D eigenvalue weighted by Gasteiger charge is -2.38. The number of guanidine groups is 1. The molecule has 1 aromatic carbocycles. The number of benzene rings is 1. The van der Waals surface area contributed by atoms with Crippen molar-refractivity contribution in [2.45, 2.75) is 26.3 Å². The molecular weight excluding hydrogens is 358 g/mol. The van der Waals surface area contributed by atoms with Gasteiger partial charge in [0.2, 0.25) is 0 Å². The van der Waals surface area contributed by atoms with Gasteiger partial charge in [0.1, 0.15) is 5.75 Å². The first-order chi connectivity index (χ1) is 13.1. The van der Waals surface area contributed by atoms with Crippen LogP contribution in [0.5, 0.6) is 5.75 Å². The minimum atomic E-state index is 0.478. The second-order valence-corrected chi connectivity index (χ2v) is 7.77. The van der Waals surface area contributed by atoms with Crippen molar-refractivity contribution in [1.29, 1.82) is 0 Å². The van der Waals surface area contributed by atoms with Gasteiger partial charge in [0.05, 0.1) is 30.0 Å². The zero-order chi connectivity index (χ0) is 19.2. The van der Waals surface area contributed by atoms with E-state index in [4.69, 9.17) is 9.72 Å². The predicted octanol–water partition coefficient (Wildman–Crippen LogP) is 3.17. The highest BCUT2D eigenvalue weighted by Gasteiger charge is 2.21. The Balaban J connectivity index is 1.55. The molecule has 0 saturated carbocycles. The molecule has 1 aliphatic heterocycles. The molecule has 27 heavy (non-hydrogen) atoms. The average Bonchev–Trinajstić information content (AvgIpc) is 3.18. The van der Waals surface area contributed by atoms with Gasteiger partial charge in [-0.05, 0) is 12.1 Å². The Bertz CT molecular complexity index is 765. The molecule has 2 heterocycles. The van der Waals surface area contributed by atoms with Crippen molar-refractivity contribution in [2.24, 2.45) is 4.99 Å². The van der Waals surface area contributed by atoms with Gasteiger partial charge in [-0.1, -0.05) is 26.0 Å². The van der Waals surface area contributed by atoms with Crippen molar-refractivity contribution in [3.63, 3.8) is 0 Å². The summed E-state index contributed by atoms with van der Waals surface area (Å²) in [6.07, 6.45) is 0. The second kappa shape index (κ2) is 9.08. The normalized spacial score (nSPS) is 15.4. The molecule has 1 saturated heterocycles. The molecule has 2 aromatic rings. The minimum Gasteiger partial charge on any atom is -0.495 e. The van der Waals surface area contributed by atoms with Crippen molar-refractivity contribution in [2.75, 3.05) is 45.2 Å². The fraction of sp³-hybridized carbons (Fsp3) is 0.500. The molecule has 1 aromatic heterocycles. The Morgan fingerprint density at radius 3 is 2.63 bits per heavy atom. The number of aliphatic imine (C=N–C) groups is 1. The highest BCUT2D eigenvalue weighted by molar-refractivity contribution is 7.09. The van der Waals surface area contributed by atoms with E-state index in [0.29, 0.717) is 12.5 Å². The third-order valence-electron chi connectivity index (χ3n) is 4.71. The van der Waals surface area contributed by atoms with Crippen LogP contribution in [0.1, 0.15) is 30.5 Å². The predicted molar refractivity (Wildman–Crippen MR) is 113 cm³/mol. The Kier molecular flexibility index (Phi) is 6.55. The topological polar surface area (TPSA) is 53.0 Å². The number of nitrogens with one attached hydrogen (secondary N) is 1. The summed E-state index contributed by atoms with van der Waals surface area (Å²) in [4.78, 5) is 13.8. The molecule has 0 radical (unpaired) electrons. The number of methoxy groups -OCH3 is 1. The first-order valence-electron chi connectivity index (χ1n) is 9.40. The smallest absolute Gasteiger partial charge is 0.194 e. The van der Waals surface area contributed by atoms with Crippen LogP contribution in [0.4, 0.5) is 5.69 Å². The fourth-order valence-electron chi connectivity index (χ4n) is 3.22. The standard InChI is InChI=1S/C20H29N5OS/c1-15(2)19-23-16(14-27-19)13-22-20(21-3)25-11-9-24(10-12-25)17-7-5-6-8-18(17)26-4/h5-8,14-15H,9-13H2,1-4H3,(H,21,22). The molecule has 0 amide bonds. The quantitative estimate of drug-likeness (QED) is 0.631. The van der Waals surface area contributed by atoms with E-state index in [9.17, 15) is 0 Å². The van der Waals surface area contributed by atoms with Gasteiger partial charge in [0.15, 0.2) is 5.96 Å². The lowest BCUT2D eigenvalue weighted by molar-refractivity contribution is 0.367. The Hall–Kier alpha value is -2.28. The van der Waals surface area contributed by atoms with E-state index in [1.807, 2.05) is 19.2 Å². The van der Waals surface area contributed by atoms with E-state index in [1.165, 1.54) is 5.01 Å². The van der Waals surface area contributed by atoms with E-state index < -0.39 is 0 Å². The number of para-hydroxylation sites is 2. The van der Waals surface area contributed by atoms with Crippen molar-refractivity contribution in [3.05, 3.63) is 40.3 Å². The molecule has 0 unspecified atom stereocenters. The van der Waals surface area contributed by atoms with E-state index in [1.54, 1.807) is 18.4 Å². The van der Waals surface area contributed by atoms with Crippen LogP contribution in [0.25, 0.3) is 0 Å². The third kappa shape index (κ3) is 4.71. The van der Waals surface area contributed by atoms with E-state index in [-0.39, 0.29) is 0 Å². The number of thiazole rings is 1. The number of ether oxygens (including phenoxy) is 1. The minimum absolute atomic E-state index is 0.478. The fourth-order valence-corrected chi connectivity index (χ4v) is 4.06. The maximum atomic E-state index is 5.50. The summed E-state index contributed by atoms with van der Waals surface area (Å²) in [5, 5.41) is 6.78. The van der Waals surface area contributed by atoms with Crippen molar-refractivity contribution < 1.29 is 4.74 Å². The highest BCUT2D eigenvalue weighted by Crippen LogP contribution is 2.28. The first-order valence-corrected chi connectivity index (χ1v) is 10.3. The maximum absolute atomic E-state index is 5.50. The van der Waals surface area contributed by atoms with Gasteiger partial charge >= 0.3 is 0 Å². The summed E-state index contributed by atoms with van der Waals surface area (Å²) in [7, 11) is 3.57. The molecule has 1 aliphatic rings. The number of hydrogen-bond acceptors (Lipinski definition) is 5. The summed E-state index contributed by atoms with van der Waals surface area (Å²) in [6.45, 7) is 8.79. The van der Waals surface area contributed by atoms with Gasteiger partial charge in [0.25, 0.3) is 0 Å². The molecule has 6 nitrogen and oxygen atoms in total. The lowest BCUT2D eigenvalue weighted by atomic mass is 10.2. The third-order valence-corrected chi connectivity index (χ3v) is 5.90. The molecule has 0 bridgehead atoms. The van der Waals surface area contributed by atoms with Crippen LogP contribution >= 0.6 is 11.3 Å². The largest absolute Gasteiger partial charge is 0.495 e. The van der Waals surface area contributed by atoms with Crippen LogP contribution in [0.15, 0.2) is 34.6 Å². The van der Waals surface area contributed by atoms with E-state index >= 15 is 0 Å². The number of hydrogen-bond donors (Lipinski definition) is 1. The summed E-state index contributed by atoms with van der Waals surface area (Å²) < 4.78 is 5.50. The van der Waals surface area contributed by atoms with Crippen molar-refractivity contribution in [1.82, 2.24) is 15.2 Å². The Morgan fingerprint density at radius 2 is 2.00 bits per heavy atom. The monoisotopic (exact) mass is 387 g/mol. The Morgan fingerprint density at radius 1 is 1.26 bits per heavy atom. The van der Waals surface area contributed by atoms with Crippen LogP contribution in [-0.2, 0) is 6.54 Å². The van der Waals surface area contributed by atoms with E-state index in [2.05, 4.69) is 51.5 Å². The van der Waals surface area contributed by atoms with Gasteiger partial charge in [-0.15, -0.1) is 11.3 Å². The van der Waals surface area contributed by atoms with Gasteiger partial charge in [-0.25, -0.2) is 4.98 Å². The van der Waals surface area contributed by atoms with Gasteiger partial charge in [-0.2, -0.15) is 0 Å². The van der Waals surface area contributed by atoms with Gasteiger partial charge < -0.3 is 19.9 Å². The van der Waals surface area contributed by atoms with E-state index in [0.717, 1.165) is 49.3 Å². The summed E-state index contributed by atoms with van der Waals surface area (Å²) in [5.74, 6) is 2.35. The van der Waals surface area contributed by atoms with Crippen molar-refractivity contribution >= 4 is 23.0 Å². The maximum Gasteiger partial charge on any atom is 0.194 e. The van der Waals surface area contributed by atoms with Crippen LogP contribution in [0, 0.1) is 0 Å². The zero-order valence-corrected chi connectivity index (χ0v) is 17.4. The molecule has 0 spiro atoms. The summed E-state index contributed by atoms with van der Waals surface area (Å²) >= 11 is 1.73. The molecule has 1 fully saturated rings. The van der Waals surface area contributed by atoms with Crippen LogP contribution in [0.3, 0.4) is 0 Å².